The molecule has 1 amide bonds. The maximum atomic E-state index is 12.3. The van der Waals surface area contributed by atoms with Gasteiger partial charge in [-0.25, -0.2) is 4.98 Å². The minimum absolute atomic E-state index is 0.221. The number of benzene rings is 1. The van der Waals surface area contributed by atoms with Crippen molar-refractivity contribution in [2.24, 2.45) is 0 Å². The molecule has 0 atom stereocenters. The molecule has 1 aromatic carbocycles. The van der Waals surface area contributed by atoms with Crippen LogP contribution in [0.15, 0.2) is 41.1 Å². The van der Waals surface area contributed by atoms with Gasteiger partial charge < -0.3 is 5.32 Å². The summed E-state index contributed by atoms with van der Waals surface area (Å²) in [6.45, 7) is 0. The predicted molar refractivity (Wildman–Crippen MR) is 90.8 cm³/mol. The molecule has 4 aromatic rings. The molecule has 0 bridgehead atoms. The van der Waals surface area contributed by atoms with Crippen molar-refractivity contribution >= 4 is 57.0 Å². The highest BCUT2D eigenvalue weighted by Gasteiger charge is 2.13. The number of rotatable bonds is 3. The normalized spacial score (nSPS) is 10.9. The lowest BCUT2D eigenvalue weighted by atomic mass is 10.2. The summed E-state index contributed by atoms with van der Waals surface area (Å²) in [5.41, 5.74) is 2.72. The Morgan fingerprint density at radius 2 is 2.00 bits per heavy atom. The van der Waals surface area contributed by atoms with Crippen molar-refractivity contribution in [3.05, 3.63) is 46.8 Å². The third kappa shape index (κ3) is 2.52. The van der Waals surface area contributed by atoms with E-state index in [1.165, 1.54) is 11.3 Å². The second-order valence-corrected chi connectivity index (χ2v) is 6.77. The van der Waals surface area contributed by atoms with Crippen LogP contribution in [-0.2, 0) is 0 Å². The molecule has 0 saturated carbocycles. The molecule has 22 heavy (non-hydrogen) atoms. The van der Waals surface area contributed by atoms with Crippen LogP contribution in [0.25, 0.3) is 20.9 Å². The minimum atomic E-state index is -0.221. The van der Waals surface area contributed by atoms with Crippen molar-refractivity contribution in [2.75, 3.05) is 5.32 Å². The summed E-state index contributed by atoms with van der Waals surface area (Å²) in [5, 5.41) is 7.47. The predicted octanol–water partition coefficient (Wildman–Crippen LogP) is 4.13. The number of amides is 1. The Morgan fingerprint density at radius 1 is 1.09 bits per heavy atom. The SMILES string of the molecule is O=C(Nc1ccc2nsnc2c1)c1csc(-c2cccs2)n1. The number of fused-ring (bicyclic) bond motifs is 1. The van der Waals surface area contributed by atoms with E-state index < -0.39 is 0 Å². The Labute approximate surface area is 137 Å². The third-order valence-electron chi connectivity index (χ3n) is 2.98. The van der Waals surface area contributed by atoms with E-state index in [9.17, 15) is 4.79 Å². The van der Waals surface area contributed by atoms with Crippen LogP contribution in [0.5, 0.6) is 0 Å². The Morgan fingerprint density at radius 3 is 2.86 bits per heavy atom. The Balaban J connectivity index is 1.56. The number of thiophene rings is 1. The fourth-order valence-electron chi connectivity index (χ4n) is 1.95. The van der Waals surface area contributed by atoms with E-state index in [-0.39, 0.29) is 5.91 Å². The lowest BCUT2D eigenvalue weighted by molar-refractivity contribution is 0.102. The molecule has 0 aliphatic rings. The first-order valence-corrected chi connectivity index (χ1v) is 8.82. The van der Waals surface area contributed by atoms with Crippen molar-refractivity contribution in [2.45, 2.75) is 0 Å². The van der Waals surface area contributed by atoms with Gasteiger partial charge >= 0.3 is 0 Å². The lowest BCUT2D eigenvalue weighted by Crippen LogP contribution is -2.12. The minimum Gasteiger partial charge on any atom is -0.321 e. The quantitative estimate of drug-likeness (QED) is 0.607. The third-order valence-corrected chi connectivity index (χ3v) is 5.42. The Hall–Kier alpha value is -2.16. The average molecular weight is 344 g/mol. The van der Waals surface area contributed by atoms with Crippen molar-refractivity contribution in [1.82, 2.24) is 13.7 Å². The maximum Gasteiger partial charge on any atom is 0.275 e. The molecular formula is C14H8N4OS3. The molecule has 0 radical (unpaired) electrons. The first kappa shape index (κ1) is 13.5. The molecule has 0 aliphatic carbocycles. The van der Waals surface area contributed by atoms with Crippen molar-refractivity contribution in [1.29, 1.82) is 0 Å². The summed E-state index contributed by atoms with van der Waals surface area (Å²) in [6, 6.07) is 9.43. The highest BCUT2D eigenvalue weighted by molar-refractivity contribution is 7.20. The molecule has 3 aromatic heterocycles. The highest BCUT2D eigenvalue weighted by Crippen LogP contribution is 2.28. The van der Waals surface area contributed by atoms with Crippen molar-refractivity contribution < 1.29 is 4.79 Å². The van der Waals surface area contributed by atoms with Crippen LogP contribution < -0.4 is 5.32 Å². The second kappa shape index (κ2) is 5.56. The molecule has 0 spiro atoms. The number of nitrogens with zero attached hydrogens (tertiary/aromatic N) is 3. The zero-order chi connectivity index (χ0) is 14.9. The number of carbonyl (C=O) groups excluding carboxylic acids is 1. The van der Waals surface area contributed by atoms with Crippen molar-refractivity contribution in [3.63, 3.8) is 0 Å². The zero-order valence-electron chi connectivity index (χ0n) is 11.0. The van der Waals surface area contributed by atoms with E-state index in [4.69, 9.17) is 0 Å². The maximum absolute atomic E-state index is 12.3. The van der Waals surface area contributed by atoms with Gasteiger partial charge in [-0.3, -0.25) is 4.79 Å². The monoisotopic (exact) mass is 344 g/mol. The van der Waals surface area contributed by atoms with E-state index in [1.807, 2.05) is 35.7 Å². The number of hydrogen-bond acceptors (Lipinski definition) is 7. The molecule has 3 heterocycles. The summed E-state index contributed by atoms with van der Waals surface area (Å²) >= 11 is 4.23. The van der Waals surface area contributed by atoms with Crippen LogP contribution in [0.3, 0.4) is 0 Å². The van der Waals surface area contributed by atoms with Crippen LogP contribution in [-0.4, -0.2) is 19.6 Å². The first-order valence-electron chi connectivity index (χ1n) is 6.33. The fraction of sp³-hybridized carbons (Fsp3) is 0. The second-order valence-electron chi connectivity index (χ2n) is 4.44. The van der Waals surface area contributed by atoms with Gasteiger partial charge in [0, 0.05) is 11.1 Å². The number of anilines is 1. The summed E-state index contributed by atoms with van der Waals surface area (Å²) < 4.78 is 8.30. The van der Waals surface area contributed by atoms with Gasteiger partial charge in [-0.05, 0) is 29.6 Å². The number of thiazole rings is 1. The number of carbonyl (C=O) groups is 1. The van der Waals surface area contributed by atoms with Gasteiger partial charge in [-0.15, -0.1) is 22.7 Å². The summed E-state index contributed by atoms with van der Waals surface area (Å²) in [7, 11) is 0. The number of hydrogen-bond donors (Lipinski definition) is 1. The van der Waals surface area contributed by atoms with Gasteiger partial charge in [0.1, 0.15) is 21.7 Å². The Kier molecular flexibility index (Phi) is 3.41. The molecule has 0 aliphatic heterocycles. The van der Waals surface area contributed by atoms with Crippen molar-refractivity contribution in [3.8, 4) is 9.88 Å². The number of nitrogens with one attached hydrogen (secondary N) is 1. The van der Waals surface area contributed by atoms with Crippen LogP contribution in [0.1, 0.15) is 10.5 Å². The molecule has 0 saturated heterocycles. The summed E-state index contributed by atoms with van der Waals surface area (Å²) in [4.78, 5) is 17.7. The van der Waals surface area contributed by atoms with Crippen LogP contribution in [0.4, 0.5) is 5.69 Å². The van der Waals surface area contributed by atoms with E-state index in [0.717, 1.165) is 32.6 Å². The Bertz CT molecular complexity index is 942. The molecule has 0 fully saturated rings. The van der Waals surface area contributed by atoms with Gasteiger partial charge in [-0.2, -0.15) is 8.75 Å². The zero-order valence-corrected chi connectivity index (χ0v) is 13.5. The van der Waals surface area contributed by atoms with Gasteiger partial charge in [-0.1, -0.05) is 6.07 Å². The molecular weight excluding hydrogens is 336 g/mol. The molecule has 0 unspecified atom stereocenters. The van der Waals surface area contributed by atoms with Gasteiger partial charge in [0.05, 0.1) is 16.6 Å². The van der Waals surface area contributed by atoms with Gasteiger partial charge in [0.25, 0.3) is 5.91 Å². The van der Waals surface area contributed by atoms with E-state index in [0.29, 0.717) is 11.4 Å². The first-order chi connectivity index (χ1) is 10.8. The number of aromatic nitrogens is 3. The van der Waals surface area contributed by atoms with E-state index >= 15 is 0 Å². The summed E-state index contributed by atoms with van der Waals surface area (Å²) in [6.07, 6.45) is 0. The lowest BCUT2D eigenvalue weighted by Gasteiger charge is -2.02. The van der Waals surface area contributed by atoms with Gasteiger partial charge in [0.2, 0.25) is 0 Å². The van der Waals surface area contributed by atoms with E-state index in [1.54, 1.807) is 16.7 Å². The molecule has 8 heteroatoms. The largest absolute Gasteiger partial charge is 0.321 e. The standard InChI is InChI=1S/C14H8N4OS3/c19-13(11-7-21-14(16-11)12-2-1-5-20-12)15-8-3-4-9-10(6-8)18-22-17-9/h1-7H,(H,15,19). The van der Waals surface area contributed by atoms with Crippen LogP contribution in [0.2, 0.25) is 0 Å². The molecule has 108 valence electrons. The average Bonchev–Trinajstić information content (AvgIpc) is 3.26. The van der Waals surface area contributed by atoms with Gasteiger partial charge in [0.15, 0.2) is 0 Å². The van der Waals surface area contributed by atoms with E-state index in [2.05, 4.69) is 19.0 Å². The van der Waals surface area contributed by atoms with Crippen LogP contribution in [0, 0.1) is 0 Å². The molecule has 1 N–H and O–H groups in total. The smallest absolute Gasteiger partial charge is 0.275 e. The molecule has 4 rings (SSSR count). The summed E-state index contributed by atoms with van der Waals surface area (Å²) in [5.74, 6) is -0.221. The van der Waals surface area contributed by atoms with Crippen LogP contribution >= 0.6 is 34.4 Å². The highest BCUT2D eigenvalue weighted by atomic mass is 32.1. The fourth-order valence-corrected chi connectivity index (χ4v) is 4.08. The molecule has 5 nitrogen and oxygen atoms in total. The topological polar surface area (TPSA) is 67.8 Å².